The van der Waals surface area contributed by atoms with Gasteiger partial charge in [-0.2, -0.15) is 0 Å². The number of rotatable bonds is 8. The number of hydrogen-bond donors (Lipinski definition) is 1. The van der Waals surface area contributed by atoms with Gasteiger partial charge in [-0.3, -0.25) is 9.59 Å². The molecule has 2 atom stereocenters. The first-order chi connectivity index (χ1) is 10.9. The van der Waals surface area contributed by atoms with Crippen molar-refractivity contribution >= 4 is 27.7 Å². The summed E-state index contributed by atoms with van der Waals surface area (Å²) in [7, 11) is 0. The molecule has 0 bridgehead atoms. The van der Waals surface area contributed by atoms with Crippen LogP contribution >= 0.6 is 15.9 Å². The van der Waals surface area contributed by atoms with Gasteiger partial charge in [0, 0.05) is 23.5 Å². The molecule has 2 amide bonds. The molecule has 0 aliphatic rings. The van der Waals surface area contributed by atoms with Crippen LogP contribution < -0.4 is 5.32 Å². The number of nitrogens with one attached hydrogen (secondary N) is 1. The predicted octanol–water partition coefficient (Wildman–Crippen LogP) is 3.88. The van der Waals surface area contributed by atoms with Gasteiger partial charge in [0.25, 0.3) is 0 Å². The van der Waals surface area contributed by atoms with Crippen molar-refractivity contribution in [2.45, 2.75) is 65.6 Å². The Bertz CT molecular complexity index is 534. The lowest BCUT2D eigenvalue weighted by Crippen LogP contribution is -2.49. The third kappa shape index (κ3) is 6.34. The summed E-state index contributed by atoms with van der Waals surface area (Å²) in [6, 6.07) is 7.45. The van der Waals surface area contributed by atoms with Crippen molar-refractivity contribution in [3.63, 3.8) is 0 Å². The average Bonchev–Trinajstić information content (AvgIpc) is 2.52. The zero-order valence-electron chi connectivity index (χ0n) is 14.4. The minimum Gasteiger partial charge on any atom is -0.352 e. The molecule has 23 heavy (non-hydrogen) atoms. The van der Waals surface area contributed by atoms with Crippen LogP contribution in [0.25, 0.3) is 0 Å². The summed E-state index contributed by atoms with van der Waals surface area (Å²) in [6.45, 7) is 8.20. The molecule has 0 spiro atoms. The third-order valence-electron chi connectivity index (χ3n) is 3.87. The third-order valence-corrected chi connectivity index (χ3v) is 4.37. The molecule has 1 N–H and O–H groups in total. The molecule has 2 unspecified atom stereocenters. The van der Waals surface area contributed by atoms with Crippen LogP contribution in [0.15, 0.2) is 28.7 Å². The molecular formula is C18H27BrN2O2. The summed E-state index contributed by atoms with van der Waals surface area (Å²) in [5.41, 5.74) is 1.01. The maximum atomic E-state index is 12.5. The Morgan fingerprint density at radius 2 is 1.96 bits per heavy atom. The molecule has 0 heterocycles. The lowest BCUT2D eigenvalue weighted by molar-refractivity contribution is -0.140. The monoisotopic (exact) mass is 382 g/mol. The highest BCUT2D eigenvalue weighted by Crippen LogP contribution is 2.16. The van der Waals surface area contributed by atoms with Crippen LogP contribution in [-0.2, 0) is 16.1 Å². The highest BCUT2D eigenvalue weighted by Gasteiger charge is 2.26. The standard InChI is InChI=1S/C18H27BrN2O2/c1-5-8-17(22)21(12-15-9-7-10-16(19)11-15)14(4)18(23)20-13(3)6-2/h7,9-11,13-14H,5-6,8,12H2,1-4H3,(H,20,23). The molecule has 1 aromatic rings. The van der Waals surface area contributed by atoms with E-state index in [2.05, 4.69) is 21.2 Å². The van der Waals surface area contributed by atoms with Crippen molar-refractivity contribution in [2.75, 3.05) is 0 Å². The van der Waals surface area contributed by atoms with E-state index in [9.17, 15) is 9.59 Å². The first-order valence-electron chi connectivity index (χ1n) is 8.23. The Morgan fingerprint density at radius 1 is 1.26 bits per heavy atom. The highest BCUT2D eigenvalue weighted by atomic mass is 79.9. The fourth-order valence-electron chi connectivity index (χ4n) is 2.24. The first-order valence-corrected chi connectivity index (χ1v) is 9.02. The van der Waals surface area contributed by atoms with E-state index < -0.39 is 6.04 Å². The molecule has 0 radical (unpaired) electrons. The van der Waals surface area contributed by atoms with Crippen molar-refractivity contribution in [1.82, 2.24) is 10.2 Å². The number of amides is 2. The van der Waals surface area contributed by atoms with Crippen LogP contribution in [0.5, 0.6) is 0 Å². The second-order valence-electron chi connectivity index (χ2n) is 5.90. The fraction of sp³-hybridized carbons (Fsp3) is 0.556. The second kappa shape index (κ2) is 9.71. The molecule has 0 fully saturated rings. The number of halogens is 1. The number of carbonyl (C=O) groups excluding carboxylic acids is 2. The van der Waals surface area contributed by atoms with E-state index >= 15 is 0 Å². The van der Waals surface area contributed by atoms with Crippen LogP contribution in [0.3, 0.4) is 0 Å². The summed E-state index contributed by atoms with van der Waals surface area (Å²) in [5, 5.41) is 2.96. The van der Waals surface area contributed by atoms with Crippen molar-refractivity contribution < 1.29 is 9.59 Å². The van der Waals surface area contributed by atoms with Crippen molar-refractivity contribution in [3.8, 4) is 0 Å². The van der Waals surface area contributed by atoms with Gasteiger partial charge in [0.05, 0.1) is 0 Å². The van der Waals surface area contributed by atoms with Crippen molar-refractivity contribution in [2.24, 2.45) is 0 Å². The number of nitrogens with zero attached hydrogens (tertiary/aromatic N) is 1. The van der Waals surface area contributed by atoms with Gasteiger partial charge in [0.1, 0.15) is 6.04 Å². The number of hydrogen-bond acceptors (Lipinski definition) is 2. The molecule has 128 valence electrons. The smallest absolute Gasteiger partial charge is 0.242 e. The van der Waals surface area contributed by atoms with E-state index in [0.29, 0.717) is 13.0 Å². The molecule has 1 aromatic carbocycles. The zero-order valence-corrected chi connectivity index (χ0v) is 16.0. The van der Waals surface area contributed by atoms with Gasteiger partial charge in [-0.25, -0.2) is 0 Å². The zero-order chi connectivity index (χ0) is 17.4. The normalized spacial score (nSPS) is 13.3. The molecule has 4 nitrogen and oxygen atoms in total. The second-order valence-corrected chi connectivity index (χ2v) is 6.81. The van der Waals surface area contributed by atoms with Gasteiger partial charge in [-0.1, -0.05) is 41.9 Å². The lowest BCUT2D eigenvalue weighted by Gasteiger charge is -2.29. The molecule has 0 saturated heterocycles. The predicted molar refractivity (Wildman–Crippen MR) is 97.0 cm³/mol. The maximum absolute atomic E-state index is 12.5. The average molecular weight is 383 g/mol. The van der Waals surface area contributed by atoms with Crippen LogP contribution in [0.2, 0.25) is 0 Å². The van der Waals surface area contributed by atoms with E-state index in [0.717, 1.165) is 22.9 Å². The highest BCUT2D eigenvalue weighted by molar-refractivity contribution is 9.10. The van der Waals surface area contributed by atoms with Gasteiger partial charge < -0.3 is 10.2 Å². The van der Waals surface area contributed by atoms with Gasteiger partial charge in [0.15, 0.2) is 0 Å². The topological polar surface area (TPSA) is 49.4 Å². The molecule has 0 aliphatic carbocycles. The molecule has 5 heteroatoms. The summed E-state index contributed by atoms with van der Waals surface area (Å²) in [6.07, 6.45) is 2.09. The Morgan fingerprint density at radius 3 is 2.52 bits per heavy atom. The van der Waals surface area contributed by atoms with Gasteiger partial charge in [-0.05, 0) is 44.4 Å². The van der Waals surface area contributed by atoms with Gasteiger partial charge in [0.2, 0.25) is 11.8 Å². The van der Waals surface area contributed by atoms with Crippen LogP contribution in [0, 0.1) is 0 Å². The Kier molecular flexibility index (Phi) is 8.31. The van der Waals surface area contributed by atoms with E-state index in [1.54, 1.807) is 11.8 Å². The van der Waals surface area contributed by atoms with Crippen molar-refractivity contribution in [3.05, 3.63) is 34.3 Å². The maximum Gasteiger partial charge on any atom is 0.242 e. The summed E-state index contributed by atoms with van der Waals surface area (Å²) in [5.74, 6) is -0.0851. The van der Waals surface area contributed by atoms with E-state index in [4.69, 9.17) is 0 Å². The fourth-order valence-corrected chi connectivity index (χ4v) is 2.68. The molecule has 0 aliphatic heterocycles. The van der Waals surface area contributed by atoms with Crippen LogP contribution in [0.4, 0.5) is 0 Å². The van der Waals surface area contributed by atoms with E-state index in [1.807, 2.05) is 45.0 Å². The minimum absolute atomic E-state index is 0.0132. The Labute approximate surface area is 147 Å². The van der Waals surface area contributed by atoms with Gasteiger partial charge in [-0.15, -0.1) is 0 Å². The van der Waals surface area contributed by atoms with Crippen molar-refractivity contribution in [1.29, 1.82) is 0 Å². The van der Waals surface area contributed by atoms with E-state index in [1.165, 1.54) is 0 Å². The number of benzene rings is 1. The van der Waals surface area contributed by atoms with Gasteiger partial charge >= 0.3 is 0 Å². The van der Waals surface area contributed by atoms with E-state index in [-0.39, 0.29) is 17.9 Å². The Hall–Kier alpha value is -1.36. The minimum atomic E-state index is -0.484. The first kappa shape index (κ1) is 19.7. The molecule has 0 saturated carbocycles. The quantitative estimate of drug-likeness (QED) is 0.741. The summed E-state index contributed by atoms with van der Waals surface area (Å²) >= 11 is 3.45. The molecular weight excluding hydrogens is 356 g/mol. The molecule has 0 aromatic heterocycles. The lowest BCUT2D eigenvalue weighted by atomic mass is 10.1. The Balaban J connectivity index is 2.91. The number of carbonyl (C=O) groups is 2. The summed E-state index contributed by atoms with van der Waals surface area (Å²) in [4.78, 5) is 26.5. The van der Waals surface area contributed by atoms with Crippen LogP contribution in [0.1, 0.15) is 52.5 Å². The van der Waals surface area contributed by atoms with Crippen LogP contribution in [-0.4, -0.2) is 28.8 Å². The molecule has 1 rings (SSSR count). The summed E-state index contributed by atoms with van der Waals surface area (Å²) < 4.78 is 0.967. The SMILES string of the molecule is CCCC(=O)N(Cc1cccc(Br)c1)C(C)C(=O)NC(C)CC. The largest absolute Gasteiger partial charge is 0.352 e.